The fourth-order valence-corrected chi connectivity index (χ4v) is 1.82. The first-order valence-electron chi connectivity index (χ1n) is 5.11. The number of carbonyl (C=O) groups is 1. The monoisotopic (exact) mass is 242 g/mol. The molecule has 0 N–H and O–H groups in total. The second kappa shape index (κ2) is 8.02. The Morgan fingerprint density at radius 3 is 2.47 bits per heavy atom. The minimum atomic E-state index is -2.88. The van der Waals surface area contributed by atoms with Gasteiger partial charge in [-0.05, 0) is 12.8 Å². The maximum absolute atomic E-state index is 12.8. The van der Waals surface area contributed by atoms with E-state index in [1.54, 1.807) is 6.92 Å². The van der Waals surface area contributed by atoms with Crippen LogP contribution >= 0.6 is 11.8 Å². The van der Waals surface area contributed by atoms with E-state index in [1.165, 1.54) is 11.8 Å². The van der Waals surface area contributed by atoms with Crippen LogP contribution in [0.4, 0.5) is 13.2 Å². The number of thioether (sulfide) groups is 1. The van der Waals surface area contributed by atoms with Crippen molar-refractivity contribution in [1.29, 1.82) is 0 Å². The summed E-state index contributed by atoms with van der Waals surface area (Å²) in [5.74, 6) is -2.30. The zero-order valence-corrected chi connectivity index (χ0v) is 9.72. The summed E-state index contributed by atoms with van der Waals surface area (Å²) in [5.41, 5.74) is 0. The summed E-state index contributed by atoms with van der Waals surface area (Å²) < 4.78 is 37.2. The van der Waals surface area contributed by atoms with Crippen LogP contribution in [0.3, 0.4) is 0 Å². The third kappa shape index (κ3) is 8.78. The Labute approximate surface area is 92.8 Å². The molecule has 5 heteroatoms. The number of alkyl halides is 3. The average molecular weight is 242 g/mol. The summed E-state index contributed by atoms with van der Waals surface area (Å²) in [7, 11) is 0. The number of hydrogen-bond donors (Lipinski definition) is 0. The van der Waals surface area contributed by atoms with Crippen molar-refractivity contribution in [2.75, 3.05) is 12.4 Å². The molecule has 0 fully saturated rings. The van der Waals surface area contributed by atoms with Crippen molar-refractivity contribution >= 4 is 16.9 Å². The molecule has 0 radical (unpaired) electrons. The molecule has 0 rings (SSSR count). The van der Waals surface area contributed by atoms with Gasteiger partial charge < -0.3 is 0 Å². The highest BCUT2D eigenvalue weighted by molar-refractivity contribution is 8.13. The van der Waals surface area contributed by atoms with E-state index in [9.17, 15) is 18.0 Å². The first kappa shape index (κ1) is 14.8. The smallest absolute Gasteiger partial charge is 0.250 e. The molecule has 0 amide bonds. The van der Waals surface area contributed by atoms with E-state index in [0.717, 1.165) is 0 Å². The Morgan fingerprint density at radius 1 is 1.27 bits per heavy atom. The Morgan fingerprint density at radius 2 is 1.93 bits per heavy atom. The third-order valence-corrected chi connectivity index (χ3v) is 3.05. The topological polar surface area (TPSA) is 17.1 Å². The second-order valence-corrected chi connectivity index (χ2v) is 4.48. The van der Waals surface area contributed by atoms with E-state index < -0.39 is 19.0 Å². The molecular formula is C10H17F3OS. The van der Waals surface area contributed by atoms with Crippen LogP contribution < -0.4 is 0 Å². The lowest BCUT2D eigenvalue weighted by Gasteiger charge is -2.13. The largest absolute Gasteiger partial charge is 0.287 e. The lowest BCUT2D eigenvalue weighted by molar-refractivity contribution is -0.110. The van der Waals surface area contributed by atoms with Crippen LogP contribution in [-0.2, 0) is 4.79 Å². The molecule has 0 aromatic heterocycles. The number of carbonyl (C=O) groups excluding carboxylic acids is 1. The van der Waals surface area contributed by atoms with Crippen molar-refractivity contribution in [1.82, 2.24) is 0 Å². The van der Waals surface area contributed by atoms with Crippen LogP contribution in [0.1, 0.15) is 39.0 Å². The van der Waals surface area contributed by atoms with Gasteiger partial charge in [-0.25, -0.2) is 8.78 Å². The summed E-state index contributed by atoms with van der Waals surface area (Å²) in [6.07, 6.45) is 0.434. The molecule has 0 saturated carbocycles. The van der Waals surface area contributed by atoms with Crippen LogP contribution in [0.25, 0.3) is 0 Å². The molecule has 0 spiro atoms. The van der Waals surface area contributed by atoms with E-state index in [2.05, 4.69) is 0 Å². The lowest BCUT2D eigenvalue weighted by Crippen LogP contribution is -2.16. The second-order valence-electron chi connectivity index (χ2n) is 3.33. The fourth-order valence-electron chi connectivity index (χ4n) is 1.04. The molecule has 15 heavy (non-hydrogen) atoms. The van der Waals surface area contributed by atoms with Crippen LogP contribution in [0.2, 0.25) is 0 Å². The average Bonchev–Trinajstić information content (AvgIpc) is 2.16. The molecular weight excluding hydrogens is 225 g/mol. The van der Waals surface area contributed by atoms with Crippen LogP contribution in [0, 0.1) is 0 Å². The highest BCUT2D eigenvalue weighted by Crippen LogP contribution is 2.25. The molecule has 0 saturated heterocycles. The van der Waals surface area contributed by atoms with Crippen LogP contribution in [0.5, 0.6) is 0 Å². The molecule has 0 heterocycles. The van der Waals surface area contributed by atoms with Gasteiger partial charge in [0.1, 0.15) is 0 Å². The molecule has 0 aliphatic carbocycles. The maximum Gasteiger partial charge on any atom is 0.250 e. The molecule has 0 aliphatic rings. The Balaban J connectivity index is 3.41. The van der Waals surface area contributed by atoms with Gasteiger partial charge in [0.25, 0.3) is 5.92 Å². The van der Waals surface area contributed by atoms with Gasteiger partial charge in [0.2, 0.25) is 0 Å². The zero-order chi connectivity index (χ0) is 11.7. The highest BCUT2D eigenvalue weighted by Gasteiger charge is 2.27. The molecule has 0 aromatic rings. The van der Waals surface area contributed by atoms with E-state index >= 15 is 0 Å². The summed E-state index contributed by atoms with van der Waals surface area (Å²) in [4.78, 5) is 10.8. The van der Waals surface area contributed by atoms with Crippen molar-refractivity contribution in [2.45, 2.75) is 45.0 Å². The SMILES string of the molecule is CCC(=O)SCCCCC(F)(F)CCF. The quantitative estimate of drug-likeness (QED) is 0.602. The normalized spacial score (nSPS) is 11.7. The Hall–Kier alpha value is -0.190. The van der Waals surface area contributed by atoms with Crippen LogP contribution in [0.15, 0.2) is 0 Å². The Kier molecular flexibility index (Phi) is 7.92. The number of halogens is 3. The number of unbranched alkanes of at least 4 members (excludes halogenated alkanes) is 1. The lowest BCUT2D eigenvalue weighted by atomic mass is 10.1. The molecule has 0 unspecified atom stereocenters. The van der Waals surface area contributed by atoms with Gasteiger partial charge in [-0.15, -0.1) is 0 Å². The van der Waals surface area contributed by atoms with E-state index in [1.807, 2.05) is 0 Å². The molecule has 0 bridgehead atoms. The maximum atomic E-state index is 12.8. The van der Waals surface area contributed by atoms with Gasteiger partial charge in [0.05, 0.1) is 6.67 Å². The minimum absolute atomic E-state index is 0.0884. The fraction of sp³-hybridized carbons (Fsp3) is 0.900. The van der Waals surface area contributed by atoms with Crippen molar-refractivity contribution in [3.63, 3.8) is 0 Å². The number of rotatable bonds is 8. The predicted molar refractivity (Wildman–Crippen MR) is 57.1 cm³/mol. The van der Waals surface area contributed by atoms with E-state index in [-0.39, 0.29) is 11.5 Å². The van der Waals surface area contributed by atoms with Gasteiger partial charge in [-0.3, -0.25) is 9.18 Å². The molecule has 1 nitrogen and oxygen atoms in total. The van der Waals surface area contributed by atoms with Gasteiger partial charge in [0.15, 0.2) is 5.12 Å². The first-order chi connectivity index (χ1) is 7.02. The highest BCUT2D eigenvalue weighted by atomic mass is 32.2. The van der Waals surface area contributed by atoms with E-state index in [0.29, 0.717) is 25.0 Å². The van der Waals surface area contributed by atoms with Crippen LogP contribution in [-0.4, -0.2) is 23.5 Å². The van der Waals surface area contributed by atoms with Gasteiger partial charge in [-0.2, -0.15) is 0 Å². The van der Waals surface area contributed by atoms with Gasteiger partial charge in [-0.1, -0.05) is 18.7 Å². The predicted octanol–water partition coefficient (Wildman–Crippen LogP) is 3.82. The van der Waals surface area contributed by atoms with Crippen molar-refractivity contribution in [3.05, 3.63) is 0 Å². The first-order valence-corrected chi connectivity index (χ1v) is 6.10. The Bertz CT molecular complexity index is 186. The summed E-state index contributed by atoms with van der Waals surface area (Å²) in [6, 6.07) is 0. The van der Waals surface area contributed by atoms with E-state index in [4.69, 9.17) is 0 Å². The molecule has 0 aromatic carbocycles. The van der Waals surface area contributed by atoms with Gasteiger partial charge in [0, 0.05) is 25.0 Å². The third-order valence-electron chi connectivity index (χ3n) is 1.95. The minimum Gasteiger partial charge on any atom is -0.287 e. The van der Waals surface area contributed by atoms with Crippen molar-refractivity contribution in [3.8, 4) is 0 Å². The van der Waals surface area contributed by atoms with Gasteiger partial charge >= 0.3 is 0 Å². The molecule has 90 valence electrons. The van der Waals surface area contributed by atoms with Crippen molar-refractivity contribution < 1.29 is 18.0 Å². The summed E-state index contributed by atoms with van der Waals surface area (Å²) in [6.45, 7) is 0.792. The molecule has 0 aliphatic heterocycles. The number of hydrogen-bond acceptors (Lipinski definition) is 2. The standard InChI is InChI=1S/C10H17F3OS/c1-2-9(14)15-8-4-3-5-10(12,13)6-7-11/h2-8H2,1H3. The van der Waals surface area contributed by atoms with Crippen molar-refractivity contribution in [2.24, 2.45) is 0 Å². The summed E-state index contributed by atoms with van der Waals surface area (Å²) in [5, 5.41) is 0.0884. The zero-order valence-electron chi connectivity index (χ0n) is 8.90. The molecule has 0 atom stereocenters. The summed E-state index contributed by atoms with van der Waals surface area (Å²) >= 11 is 1.18.